The monoisotopic (exact) mass is 231 g/mol. The topological polar surface area (TPSA) is 4.93 Å². The van der Waals surface area contributed by atoms with Gasteiger partial charge < -0.3 is 0 Å². The SMILES string of the molecule is FC1=C(F)C(F)(F)c2c(F)c(F)c(F)n21. The normalized spacial score (nSPS) is 18.6. The lowest BCUT2D eigenvalue weighted by molar-refractivity contribution is 0.0116. The van der Waals surface area contributed by atoms with Gasteiger partial charge in [0.25, 0.3) is 0 Å². The number of rotatable bonds is 0. The Morgan fingerprint density at radius 3 is 1.87 bits per heavy atom. The van der Waals surface area contributed by atoms with Crippen LogP contribution in [0.2, 0.25) is 0 Å². The standard InChI is InChI=1S/C7F7N/c8-1-2(9)5(11)15-4(1)7(13,14)3(10)6(15)12. The minimum Gasteiger partial charge on any atom is -0.252 e. The van der Waals surface area contributed by atoms with Gasteiger partial charge in [-0.05, 0) is 0 Å². The van der Waals surface area contributed by atoms with Crippen molar-refractivity contribution in [2.45, 2.75) is 5.92 Å². The van der Waals surface area contributed by atoms with Crippen LogP contribution in [0.4, 0.5) is 30.7 Å². The Labute approximate surface area is 77.4 Å². The summed E-state index contributed by atoms with van der Waals surface area (Å²) in [6.45, 7) is 0. The van der Waals surface area contributed by atoms with Crippen LogP contribution in [-0.4, -0.2) is 4.57 Å². The molecule has 0 unspecified atom stereocenters. The zero-order chi connectivity index (χ0) is 11.5. The third-order valence-electron chi connectivity index (χ3n) is 1.95. The molecule has 1 aromatic heterocycles. The zero-order valence-corrected chi connectivity index (χ0v) is 6.59. The van der Waals surface area contributed by atoms with Gasteiger partial charge in [-0.25, -0.2) is 4.39 Å². The fourth-order valence-corrected chi connectivity index (χ4v) is 1.28. The summed E-state index contributed by atoms with van der Waals surface area (Å²) in [6.07, 6.45) is 0. The van der Waals surface area contributed by atoms with Gasteiger partial charge in [-0.3, -0.25) is 4.57 Å². The largest absolute Gasteiger partial charge is 0.346 e. The van der Waals surface area contributed by atoms with E-state index in [-0.39, 0.29) is 0 Å². The molecule has 0 amide bonds. The lowest BCUT2D eigenvalue weighted by Crippen LogP contribution is -2.13. The first-order chi connectivity index (χ1) is 6.80. The third kappa shape index (κ3) is 0.936. The summed E-state index contributed by atoms with van der Waals surface area (Å²) in [4.78, 5) is 0. The molecule has 82 valence electrons. The number of aromatic nitrogens is 1. The predicted octanol–water partition coefficient (Wildman–Crippen LogP) is 3.08. The van der Waals surface area contributed by atoms with Gasteiger partial charge in [-0.1, -0.05) is 0 Å². The van der Waals surface area contributed by atoms with Crippen molar-refractivity contribution in [1.29, 1.82) is 0 Å². The second-order valence-electron chi connectivity index (χ2n) is 2.78. The Morgan fingerprint density at radius 2 is 1.40 bits per heavy atom. The highest BCUT2D eigenvalue weighted by Crippen LogP contribution is 2.48. The second kappa shape index (κ2) is 2.56. The van der Waals surface area contributed by atoms with E-state index < -0.39 is 45.5 Å². The minimum atomic E-state index is -4.70. The first kappa shape index (κ1) is 10.1. The van der Waals surface area contributed by atoms with Gasteiger partial charge in [0.15, 0.2) is 5.82 Å². The van der Waals surface area contributed by atoms with E-state index in [4.69, 9.17) is 0 Å². The maximum Gasteiger partial charge on any atom is 0.346 e. The fraction of sp³-hybridized carbons (Fsp3) is 0.143. The fourth-order valence-electron chi connectivity index (χ4n) is 1.28. The Bertz CT molecular complexity index is 484. The molecule has 1 aromatic rings. The van der Waals surface area contributed by atoms with E-state index in [0.717, 1.165) is 0 Å². The summed E-state index contributed by atoms with van der Waals surface area (Å²) in [6, 6.07) is 0. The molecule has 0 aromatic carbocycles. The molecule has 0 saturated carbocycles. The molecule has 1 nitrogen and oxygen atoms in total. The van der Waals surface area contributed by atoms with Crippen LogP contribution in [-0.2, 0) is 5.92 Å². The maximum absolute atomic E-state index is 12.8. The number of halogens is 7. The lowest BCUT2D eigenvalue weighted by Gasteiger charge is -2.06. The van der Waals surface area contributed by atoms with E-state index in [2.05, 4.69) is 0 Å². The molecule has 0 bridgehead atoms. The van der Waals surface area contributed by atoms with Crippen LogP contribution < -0.4 is 0 Å². The Hall–Kier alpha value is -1.47. The average molecular weight is 231 g/mol. The number of hydrogen-bond acceptors (Lipinski definition) is 0. The summed E-state index contributed by atoms with van der Waals surface area (Å²) >= 11 is 0. The smallest absolute Gasteiger partial charge is 0.252 e. The van der Waals surface area contributed by atoms with Crippen molar-refractivity contribution < 1.29 is 30.7 Å². The summed E-state index contributed by atoms with van der Waals surface area (Å²) in [5.41, 5.74) is -2.01. The summed E-state index contributed by atoms with van der Waals surface area (Å²) in [5, 5.41) is 0. The molecule has 15 heavy (non-hydrogen) atoms. The average Bonchev–Trinajstić information content (AvgIpc) is 2.49. The molecule has 1 aliphatic rings. The van der Waals surface area contributed by atoms with Crippen LogP contribution in [0.15, 0.2) is 5.83 Å². The molecule has 0 fully saturated rings. The van der Waals surface area contributed by atoms with Crippen LogP contribution in [0.25, 0.3) is 5.95 Å². The first-order valence-electron chi connectivity index (χ1n) is 3.49. The number of alkyl halides is 2. The molecule has 8 heteroatoms. The Kier molecular flexibility index (Phi) is 1.71. The predicted molar refractivity (Wildman–Crippen MR) is 33.6 cm³/mol. The highest BCUT2D eigenvalue weighted by atomic mass is 19.3. The molecule has 0 N–H and O–H groups in total. The van der Waals surface area contributed by atoms with Crippen LogP contribution in [0.1, 0.15) is 5.69 Å². The van der Waals surface area contributed by atoms with E-state index in [0.29, 0.717) is 0 Å². The Balaban J connectivity index is 2.87. The second-order valence-corrected chi connectivity index (χ2v) is 2.78. The van der Waals surface area contributed by atoms with Crippen molar-refractivity contribution in [3.8, 4) is 0 Å². The van der Waals surface area contributed by atoms with Crippen molar-refractivity contribution in [2.24, 2.45) is 0 Å². The van der Waals surface area contributed by atoms with E-state index in [1.54, 1.807) is 0 Å². The maximum atomic E-state index is 12.8. The van der Waals surface area contributed by atoms with Crippen LogP contribution in [0, 0.1) is 17.6 Å². The van der Waals surface area contributed by atoms with Crippen molar-refractivity contribution in [3.05, 3.63) is 29.1 Å². The minimum absolute atomic E-state index is 0.764. The third-order valence-corrected chi connectivity index (χ3v) is 1.95. The number of allylic oxidation sites excluding steroid dienone is 1. The highest BCUT2D eigenvalue weighted by molar-refractivity contribution is 5.54. The molecule has 0 saturated heterocycles. The van der Waals surface area contributed by atoms with Gasteiger partial charge in [-0.15, -0.1) is 0 Å². The van der Waals surface area contributed by atoms with Crippen LogP contribution >= 0.6 is 0 Å². The van der Waals surface area contributed by atoms with Crippen molar-refractivity contribution in [3.63, 3.8) is 0 Å². The molecule has 2 heterocycles. The molecular formula is C7F7N. The van der Waals surface area contributed by atoms with Gasteiger partial charge in [0.1, 0.15) is 5.69 Å². The van der Waals surface area contributed by atoms with E-state index in [1.165, 1.54) is 0 Å². The Morgan fingerprint density at radius 1 is 0.867 bits per heavy atom. The van der Waals surface area contributed by atoms with Gasteiger partial charge >= 0.3 is 5.92 Å². The molecule has 0 spiro atoms. The van der Waals surface area contributed by atoms with E-state index >= 15 is 0 Å². The molecule has 0 aliphatic carbocycles. The highest BCUT2D eigenvalue weighted by Gasteiger charge is 2.54. The quantitative estimate of drug-likeness (QED) is 0.604. The number of fused-ring (bicyclic) bond motifs is 1. The number of hydrogen-bond donors (Lipinski definition) is 0. The van der Waals surface area contributed by atoms with Gasteiger partial charge in [0.2, 0.25) is 23.5 Å². The number of nitrogens with zero attached hydrogens (tertiary/aromatic N) is 1. The van der Waals surface area contributed by atoms with Gasteiger partial charge in [0, 0.05) is 0 Å². The van der Waals surface area contributed by atoms with Gasteiger partial charge in [0.05, 0.1) is 0 Å². The summed E-state index contributed by atoms with van der Waals surface area (Å²) in [7, 11) is 0. The molecule has 0 radical (unpaired) electrons. The molecule has 1 aliphatic heterocycles. The van der Waals surface area contributed by atoms with Crippen molar-refractivity contribution >= 4 is 5.95 Å². The lowest BCUT2D eigenvalue weighted by atomic mass is 10.2. The molecular weight excluding hydrogens is 231 g/mol. The summed E-state index contributed by atoms with van der Waals surface area (Å²) in [5.74, 6) is -16.5. The molecule has 0 atom stereocenters. The van der Waals surface area contributed by atoms with Crippen molar-refractivity contribution in [1.82, 2.24) is 4.57 Å². The first-order valence-corrected chi connectivity index (χ1v) is 3.49. The molecule has 2 rings (SSSR count). The van der Waals surface area contributed by atoms with E-state index in [9.17, 15) is 30.7 Å². The van der Waals surface area contributed by atoms with Crippen molar-refractivity contribution in [2.75, 3.05) is 0 Å². The van der Waals surface area contributed by atoms with E-state index in [1.807, 2.05) is 0 Å². The van der Waals surface area contributed by atoms with Crippen LogP contribution in [0.5, 0.6) is 0 Å². The van der Waals surface area contributed by atoms with Crippen LogP contribution in [0.3, 0.4) is 0 Å². The zero-order valence-electron chi connectivity index (χ0n) is 6.59. The summed E-state index contributed by atoms with van der Waals surface area (Å²) < 4.78 is 87.8. The van der Waals surface area contributed by atoms with Gasteiger partial charge in [-0.2, -0.15) is 26.3 Å².